The average Bonchev–Trinajstić information content (AvgIpc) is 2.42. The summed E-state index contributed by atoms with van der Waals surface area (Å²) in [6.07, 6.45) is 6.26. The first-order valence-corrected chi connectivity index (χ1v) is 5.58. The van der Waals surface area contributed by atoms with Gasteiger partial charge in [-0.3, -0.25) is 4.79 Å². The van der Waals surface area contributed by atoms with E-state index in [0.717, 1.165) is 6.29 Å². The number of carbonyl (C=O) groups is 2. The molecule has 1 aliphatic heterocycles. The third-order valence-corrected chi connectivity index (χ3v) is 3.09. The number of benzene rings is 1. The molecule has 0 saturated carbocycles. The first kappa shape index (κ1) is 12.2. The fraction of sp³-hybridized carbons (Fsp3) is 0.286. The van der Waals surface area contributed by atoms with Crippen molar-refractivity contribution in [2.24, 2.45) is 5.92 Å². The molecular formula is C14H13NO3. The van der Waals surface area contributed by atoms with Crippen LogP contribution >= 0.6 is 0 Å². The van der Waals surface area contributed by atoms with Gasteiger partial charge in [0.1, 0.15) is 18.1 Å². The smallest absolute Gasteiger partial charge is 0.234 e. The van der Waals surface area contributed by atoms with Crippen LogP contribution in [0.25, 0.3) is 0 Å². The van der Waals surface area contributed by atoms with E-state index in [0.29, 0.717) is 17.9 Å². The highest BCUT2D eigenvalue weighted by atomic mass is 16.5. The van der Waals surface area contributed by atoms with E-state index in [2.05, 4.69) is 5.92 Å². The van der Waals surface area contributed by atoms with Crippen LogP contribution in [0.1, 0.15) is 6.42 Å². The number of anilines is 1. The Balaban J connectivity index is 2.20. The number of carbonyl (C=O) groups excluding carboxylic acids is 2. The Morgan fingerprint density at radius 3 is 2.61 bits per heavy atom. The Bertz CT molecular complexity index is 501. The molecule has 2 rings (SSSR count). The third kappa shape index (κ3) is 1.84. The van der Waals surface area contributed by atoms with E-state index < -0.39 is 6.04 Å². The van der Waals surface area contributed by atoms with Gasteiger partial charge >= 0.3 is 0 Å². The Morgan fingerprint density at radius 2 is 2.11 bits per heavy atom. The molecule has 0 N–H and O–H groups in total. The molecule has 0 spiro atoms. The summed E-state index contributed by atoms with van der Waals surface area (Å²) in [5, 5.41) is 0. The summed E-state index contributed by atoms with van der Waals surface area (Å²) in [7, 11) is 1.57. The number of ether oxygens (including phenoxy) is 1. The SMILES string of the molecule is C#CC[C@@H]1C(=O)N(c2ccc(OC)cc2)[C@@H]1C=O. The van der Waals surface area contributed by atoms with Crippen molar-refractivity contribution in [3.63, 3.8) is 0 Å². The Labute approximate surface area is 106 Å². The highest BCUT2D eigenvalue weighted by Gasteiger charge is 2.47. The summed E-state index contributed by atoms with van der Waals surface area (Å²) < 4.78 is 5.04. The molecule has 1 saturated heterocycles. The molecule has 0 aliphatic carbocycles. The molecule has 0 radical (unpaired) electrons. The topological polar surface area (TPSA) is 46.6 Å². The van der Waals surface area contributed by atoms with E-state index in [1.54, 1.807) is 31.4 Å². The van der Waals surface area contributed by atoms with Crippen molar-refractivity contribution < 1.29 is 14.3 Å². The zero-order chi connectivity index (χ0) is 13.1. The fourth-order valence-corrected chi connectivity index (χ4v) is 2.10. The van der Waals surface area contributed by atoms with Gasteiger partial charge in [0.15, 0.2) is 0 Å². The van der Waals surface area contributed by atoms with Crippen LogP contribution in [0.2, 0.25) is 0 Å². The van der Waals surface area contributed by atoms with Crippen molar-refractivity contribution >= 4 is 17.9 Å². The maximum absolute atomic E-state index is 11.9. The van der Waals surface area contributed by atoms with Gasteiger partial charge < -0.3 is 14.4 Å². The molecule has 4 heteroatoms. The number of aldehydes is 1. The van der Waals surface area contributed by atoms with Gasteiger partial charge in [-0.2, -0.15) is 0 Å². The summed E-state index contributed by atoms with van der Waals surface area (Å²) in [6.45, 7) is 0. The number of nitrogens with zero attached hydrogens (tertiary/aromatic N) is 1. The molecule has 1 amide bonds. The average molecular weight is 243 g/mol. The van der Waals surface area contributed by atoms with Gasteiger partial charge in [0.25, 0.3) is 0 Å². The molecule has 18 heavy (non-hydrogen) atoms. The Morgan fingerprint density at radius 1 is 1.44 bits per heavy atom. The molecule has 2 atom stereocenters. The maximum atomic E-state index is 11.9. The minimum absolute atomic E-state index is 0.102. The van der Waals surface area contributed by atoms with Gasteiger partial charge in [0.05, 0.1) is 13.0 Å². The second-order valence-electron chi connectivity index (χ2n) is 4.05. The molecule has 1 aromatic rings. The molecule has 1 heterocycles. The maximum Gasteiger partial charge on any atom is 0.234 e. The lowest BCUT2D eigenvalue weighted by Gasteiger charge is -2.43. The van der Waals surface area contributed by atoms with Gasteiger partial charge in [-0.15, -0.1) is 12.3 Å². The Hall–Kier alpha value is -2.28. The van der Waals surface area contributed by atoms with Crippen LogP contribution in [-0.2, 0) is 9.59 Å². The quantitative estimate of drug-likeness (QED) is 0.454. The van der Waals surface area contributed by atoms with Crippen molar-refractivity contribution in [2.75, 3.05) is 12.0 Å². The predicted octanol–water partition coefficient (Wildman–Crippen LogP) is 1.25. The molecule has 1 aliphatic rings. The largest absolute Gasteiger partial charge is 0.497 e. The molecule has 0 bridgehead atoms. The molecule has 1 aromatic carbocycles. The lowest BCUT2D eigenvalue weighted by Crippen LogP contribution is -2.62. The first-order valence-electron chi connectivity index (χ1n) is 5.58. The van der Waals surface area contributed by atoms with Crippen LogP contribution in [-0.4, -0.2) is 25.3 Å². The minimum atomic E-state index is -0.457. The highest BCUT2D eigenvalue weighted by molar-refractivity contribution is 6.08. The van der Waals surface area contributed by atoms with Crippen molar-refractivity contribution in [1.29, 1.82) is 0 Å². The lowest BCUT2D eigenvalue weighted by molar-refractivity contribution is -0.133. The van der Waals surface area contributed by atoms with Crippen LogP contribution < -0.4 is 9.64 Å². The summed E-state index contributed by atoms with van der Waals surface area (Å²) in [4.78, 5) is 24.4. The lowest BCUT2D eigenvalue weighted by atomic mass is 9.85. The second kappa shape index (κ2) is 4.92. The molecule has 4 nitrogen and oxygen atoms in total. The van der Waals surface area contributed by atoms with E-state index in [-0.39, 0.29) is 11.8 Å². The van der Waals surface area contributed by atoms with Gasteiger partial charge in [-0.25, -0.2) is 0 Å². The number of methoxy groups -OCH3 is 1. The summed E-state index contributed by atoms with van der Waals surface area (Å²) in [6, 6.07) is 6.54. The van der Waals surface area contributed by atoms with Crippen LogP contribution in [0.15, 0.2) is 24.3 Å². The standard InChI is InChI=1S/C14H13NO3/c1-3-4-12-13(9-16)15(14(12)17)10-5-7-11(18-2)8-6-10/h1,5-9,12-13H,4H2,2H3/t12-,13+/m0/s1. The zero-order valence-electron chi connectivity index (χ0n) is 10.00. The van der Waals surface area contributed by atoms with Crippen molar-refractivity contribution in [3.05, 3.63) is 24.3 Å². The number of hydrogen-bond acceptors (Lipinski definition) is 3. The van der Waals surface area contributed by atoms with E-state index >= 15 is 0 Å². The van der Waals surface area contributed by atoms with Gasteiger partial charge in [-0.1, -0.05) is 0 Å². The van der Waals surface area contributed by atoms with Crippen LogP contribution in [0, 0.1) is 18.3 Å². The predicted molar refractivity (Wildman–Crippen MR) is 67.3 cm³/mol. The van der Waals surface area contributed by atoms with E-state index in [9.17, 15) is 9.59 Å². The molecule has 0 aromatic heterocycles. The van der Waals surface area contributed by atoms with E-state index in [1.807, 2.05) is 0 Å². The first-order chi connectivity index (χ1) is 8.72. The number of amides is 1. The third-order valence-electron chi connectivity index (χ3n) is 3.09. The second-order valence-corrected chi connectivity index (χ2v) is 4.05. The van der Waals surface area contributed by atoms with Gasteiger partial charge in [0.2, 0.25) is 5.91 Å². The van der Waals surface area contributed by atoms with Crippen LogP contribution in [0.5, 0.6) is 5.75 Å². The molecule has 92 valence electrons. The highest BCUT2D eigenvalue weighted by Crippen LogP contribution is 2.34. The summed E-state index contributed by atoms with van der Waals surface area (Å²) in [5.41, 5.74) is 0.686. The summed E-state index contributed by atoms with van der Waals surface area (Å²) >= 11 is 0. The summed E-state index contributed by atoms with van der Waals surface area (Å²) in [5.74, 6) is 2.65. The molecular weight excluding hydrogens is 230 g/mol. The number of β-lactam (4-membered cyclic amide) rings is 1. The Kier molecular flexibility index (Phi) is 3.33. The van der Waals surface area contributed by atoms with E-state index in [4.69, 9.17) is 11.2 Å². The monoisotopic (exact) mass is 243 g/mol. The normalized spacial score (nSPS) is 22.0. The van der Waals surface area contributed by atoms with Crippen molar-refractivity contribution in [1.82, 2.24) is 0 Å². The van der Waals surface area contributed by atoms with Crippen molar-refractivity contribution in [3.8, 4) is 18.1 Å². The fourth-order valence-electron chi connectivity index (χ4n) is 2.10. The zero-order valence-corrected chi connectivity index (χ0v) is 10.00. The number of rotatable bonds is 4. The van der Waals surface area contributed by atoms with Gasteiger partial charge in [0, 0.05) is 12.1 Å². The number of hydrogen-bond donors (Lipinski definition) is 0. The van der Waals surface area contributed by atoms with Gasteiger partial charge in [-0.05, 0) is 24.3 Å². The van der Waals surface area contributed by atoms with E-state index in [1.165, 1.54) is 4.90 Å². The number of terminal acetylenes is 1. The van der Waals surface area contributed by atoms with Crippen molar-refractivity contribution in [2.45, 2.75) is 12.5 Å². The molecule has 0 unspecified atom stereocenters. The molecule has 1 fully saturated rings. The minimum Gasteiger partial charge on any atom is -0.497 e. The van der Waals surface area contributed by atoms with Crippen LogP contribution in [0.4, 0.5) is 5.69 Å². The van der Waals surface area contributed by atoms with Crippen LogP contribution in [0.3, 0.4) is 0 Å².